The van der Waals surface area contributed by atoms with Crippen LogP contribution in [0.1, 0.15) is 6.23 Å². The van der Waals surface area contributed by atoms with Gasteiger partial charge in [-0.2, -0.15) is 4.98 Å². The fraction of sp³-hybridized carbons (Fsp3) is 0.556. The van der Waals surface area contributed by atoms with Crippen molar-refractivity contribution in [2.75, 3.05) is 6.61 Å². The molecule has 1 aliphatic rings. The van der Waals surface area contributed by atoms with E-state index in [0.29, 0.717) is 0 Å². The largest absolute Gasteiger partial charge is 0.388 e. The first-order chi connectivity index (χ1) is 7.59. The van der Waals surface area contributed by atoms with E-state index in [1.807, 2.05) is 0 Å². The Morgan fingerprint density at radius 2 is 2.12 bits per heavy atom. The molecule has 1 fully saturated rings. The number of aromatic nitrogens is 2. The lowest BCUT2D eigenvalue weighted by molar-refractivity contribution is -0.211. The highest BCUT2D eigenvalue weighted by Crippen LogP contribution is 2.23. The van der Waals surface area contributed by atoms with Gasteiger partial charge in [-0.25, -0.2) is 0 Å². The zero-order valence-corrected chi connectivity index (χ0v) is 8.30. The molecule has 0 aliphatic carbocycles. The number of ether oxygens (including phenoxy) is 1. The number of rotatable bonds is 1. The number of aliphatic hydroxyl groups excluding tert-OH is 3. The van der Waals surface area contributed by atoms with E-state index in [4.69, 9.17) is 4.74 Å². The number of hydrogen-bond acceptors (Lipinski definition) is 6. The summed E-state index contributed by atoms with van der Waals surface area (Å²) < 4.78 is 6.52. The minimum absolute atomic E-state index is 0.0883. The molecule has 16 heavy (non-hydrogen) atoms. The molecule has 7 nitrogen and oxygen atoms in total. The second kappa shape index (κ2) is 4.30. The van der Waals surface area contributed by atoms with Crippen molar-refractivity contribution in [2.24, 2.45) is 0 Å². The second-order valence-corrected chi connectivity index (χ2v) is 3.62. The van der Waals surface area contributed by atoms with Gasteiger partial charge in [0.05, 0.1) is 6.61 Å². The average Bonchev–Trinajstić information content (AvgIpc) is 2.28. The van der Waals surface area contributed by atoms with Crippen LogP contribution in [-0.4, -0.2) is 49.8 Å². The SMILES string of the molecule is O=c1ccn(C2OC[C@@H](O)[C@H](O)[C@H]2O)cn1. The van der Waals surface area contributed by atoms with Crippen LogP contribution in [0.15, 0.2) is 23.4 Å². The highest BCUT2D eigenvalue weighted by molar-refractivity contribution is 4.90. The molecule has 2 heterocycles. The van der Waals surface area contributed by atoms with Gasteiger partial charge >= 0.3 is 0 Å². The summed E-state index contributed by atoms with van der Waals surface area (Å²) >= 11 is 0. The van der Waals surface area contributed by atoms with Crippen molar-refractivity contribution in [3.05, 3.63) is 28.9 Å². The van der Waals surface area contributed by atoms with E-state index in [1.54, 1.807) is 0 Å². The van der Waals surface area contributed by atoms with Crippen LogP contribution in [0.3, 0.4) is 0 Å². The molecule has 2 rings (SSSR count). The Hall–Kier alpha value is -1.28. The third-order valence-corrected chi connectivity index (χ3v) is 2.48. The lowest BCUT2D eigenvalue weighted by Gasteiger charge is -2.35. The van der Waals surface area contributed by atoms with E-state index in [-0.39, 0.29) is 6.61 Å². The highest BCUT2D eigenvalue weighted by Gasteiger charge is 2.38. The molecule has 0 bridgehead atoms. The maximum Gasteiger partial charge on any atom is 0.272 e. The van der Waals surface area contributed by atoms with Crippen molar-refractivity contribution >= 4 is 0 Å². The fourth-order valence-corrected chi connectivity index (χ4v) is 1.56. The van der Waals surface area contributed by atoms with Gasteiger partial charge in [-0.3, -0.25) is 4.79 Å². The quantitative estimate of drug-likeness (QED) is 0.506. The van der Waals surface area contributed by atoms with Gasteiger partial charge in [-0.15, -0.1) is 0 Å². The molecule has 0 amide bonds. The standard InChI is InChI=1S/C9H12N2O5/c12-5-3-16-9(8(15)7(5)14)11-2-1-6(13)10-4-11/h1-2,4-5,7-9,12,14-15H,3H2/t5-,7+,8-,9?/m1/s1. The number of aliphatic hydroxyl groups is 3. The average molecular weight is 228 g/mol. The van der Waals surface area contributed by atoms with E-state index >= 15 is 0 Å². The molecule has 7 heteroatoms. The van der Waals surface area contributed by atoms with Crippen LogP contribution >= 0.6 is 0 Å². The molecular weight excluding hydrogens is 216 g/mol. The van der Waals surface area contributed by atoms with Crippen LogP contribution < -0.4 is 5.56 Å². The monoisotopic (exact) mass is 228 g/mol. The van der Waals surface area contributed by atoms with Gasteiger partial charge in [-0.05, 0) is 0 Å². The molecule has 3 N–H and O–H groups in total. The van der Waals surface area contributed by atoms with Crippen LogP contribution in [0.2, 0.25) is 0 Å². The number of nitrogens with zero attached hydrogens (tertiary/aromatic N) is 2. The van der Waals surface area contributed by atoms with Crippen molar-refractivity contribution in [1.29, 1.82) is 0 Å². The molecule has 0 spiro atoms. The van der Waals surface area contributed by atoms with Crippen LogP contribution in [0.5, 0.6) is 0 Å². The van der Waals surface area contributed by atoms with E-state index in [2.05, 4.69) is 4.98 Å². The zero-order valence-electron chi connectivity index (χ0n) is 8.30. The lowest BCUT2D eigenvalue weighted by atomic mass is 10.0. The summed E-state index contributed by atoms with van der Waals surface area (Å²) in [4.78, 5) is 14.3. The summed E-state index contributed by atoms with van der Waals surface area (Å²) in [5.41, 5.74) is -0.401. The maximum absolute atomic E-state index is 10.8. The fourth-order valence-electron chi connectivity index (χ4n) is 1.56. The lowest BCUT2D eigenvalue weighted by Crippen LogP contribution is -2.50. The Balaban J connectivity index is 2.21. The predicted molar refractivity (Wildman–Crippen MR) is 51.5 cm³/mol. The Morgan fingerprint density at radius 3 is 2.75 bits per heavy atom. The summed E-state index contributed by atoms with van der Waals surface area (Å²) in [5, 5.41) is 28.4. The molecule has 0 aromatic carbocycles. The summed E-state index contributed by atoms with van der Waals surface area (Å²) in [6.07, 6.45) is -1.91. The molecule has 88 valence electrons. The zero-order chi connectivity index (χ0) is 11.7. The van der Waals surface area contributed by atoms with Gasteiger partial charge in [-0.1, -0.05) is 0 Å². The van der Waals surface area contributed by atoms with Crippen molar-refractivity contribution in [3.8, 4) is 0 Å². The Morgan fingerprint density at radius 1 is 1.38 bits per heavy atom. The first kappa shape index (κ1) is 11.2. The van der Waals surface area contributed by atoms with Gasteiger partial charge in [0.1, 0.15) is 24.6 Å². The topological polar surface area (TPSA) is 105 Å². The van der Waals surface area contributed by atoms with Crippen LogP contribution in [0.25, 0.3) is 0 Å². The molecular formula is C9H12N2O5. The molecule has 1 aromatic heterocycles. The van der Waals surface area contributed by atoms with Crippen molar-refractivity contribution in [3.63, 3.8) is 0 Å². The second-order valence-electron chi connectivity index (χ2n) is 3.62. The smallest absolute Gasteiger partial charge is 0.272 e. The predicted octanol–water partition coefficient (Wildman–Crippen LogP) is -2.15. The van der Waals surface area contributed by atoms with Gasteiger partial charge in [0.25, 0.3) is 5.56 Å². The summed E-state index contributed by atoms with van der Waals surface area (Å²) in [7, 11) is 0. The van der Waals surface area contributed by atoms with Crippen LogP contribution in [0, 0.1) is 0 Å². The molecule has 0 saturated carbocycles. The molecule has 0 radical (unpaired) electrons. The third-order valence-electron chi connectivity index (χ3n) is 2.48. The summed E-state index contributed by atoms with van der Waals surface area (Å²) in [5.74, 6) is 0. The van der Waals surface area contributed by atoms with E-state index in [9.17, 15) is 20.1 Å². The summed E-state index contributed by atoms with van der Waals surface area (Å²) in [6, 6.07) is 1.22. The number of hydrogen-bond donors (Lipinski definition) is 3. The van der Waals surface area contributed by atoms with Crippen LogP contribution in [-0.2, 0) is 4.74 Å². The Bertz CT molecular complexity index is 400. The molecule has 1 aliphatic heterocycles. The third kappa shape index (κ3) is 1.98. The first-order valence-corrected chi connectivity index (χ1v) is 4.79. The maximum atomic E-state index is 10.8. The van der Waals surface area contributed by atoms with Crippen molar-refractivity contribution < 1.29 is 20.1 Å². The van der Waals surface area contributed by atoms with Crippen molar-refractivity contribution in [2.45, 2.75) is 24.5 Å². The first-order valence-electron chi connectivity index (χ1n) is 4.79. The van der Waals surface area contributed by atoms with Gasteiger partial charge in [0, 0.05) is 12.3 Å². The molecule has 1 aromatic rings. The highest BCUT2D eigenvalue weighted by atomic mass is 16.5. The van der Waals surface area contributed by atoms with Crippen LogP contribution in [0.4, 0.5) is 0 Å². The van der Waals surface area contributed by atoms with Gasteiger partial charge < -0.3 is 24.6 Å². The summed E-state index contributed by atoms with van der Waals surface area (Å²) in [6.45, 7) is -0.0883. The molecule has 1 saturated heterocycles. The molecule has 4 atom stereocenters. The normalized spacial score (nSPS) is 34.9. The van der Waals surface area contributed by atoms with Gasteiger partial charge in [0.2, 0.25) is 0 Å². The minimum Gasteiger partial charge on any atom is -0.388 e. The molecule has 1 unspecified atom stereocenters. The van der Waals surface area contributed by atoms with E-state index in [0.717, 1.165) is 0 Å². The van der Waals surface area contributed by atoms with E-state index < -0.39 is 30.1 Å². The minimum atomic E-state index is -1.28. The van der Waals surface area contributed by atoms with Crippen molar-refractivity contribution in [1.82, 2.24) is 9.55 Å². The Labute approximate surface area is 90.6 Å². The Kier molecular flexibility index (Phi) is 3.01. The van der Waals surface area contributed by atoms with E-state index in [1.165, 1.54) is 23.2 Å². The van der Waals surface area contributed by atoms with Gasteiger partial charge in [0.15, 0.2) is 6.23 Å².